The van der Waals surface area contributed by atoms with Crippen molar-refractivity contribution in [1.82, 2.24) is 4.90 Å². The lowest BCUT2D eigenvalue weighted by Gasteiger charge is -2.37. The average Bonchev–Trinajstić information content (AvgIpc) is 2.76. The van der Waals surface area contributed by atoms with Gasteiger partial charge in [-0.15, -0.1) is 0 Å². The molecule has 2 fully saturated rings. The van der Waals surface area contributed by atoms with Crippen molar-refractivity contribution in [2.24, 2.45) is 0 Å². The van der Waals surface area contributed by atoms with Gasteiger partial charge in [0.2, 0.25) is 0 Å². The van der Waals surface area contributed by atoms with Gasteiger partial charge in [-0.2, -0.15) is 0 Å². The van der Waals surface area contributed by atoms with Crippen LogP contribution in [0.25, 0.3) is 0 Å². The Kier molecular flexibility index (Phi) is 4.62. The van der Waals surface area contributed by atoms with Crippen molar-refractivity contribution in [3.8, 4) is 0 Å². The molecule has 0 aromatic rings. The zero-order chi connectivity index (χ0) is 11.3. The van der Waals surface area contributed by atoms with Gasteiger partial charge in [-0.05, 0) is 13.0 Å². The minimum absolute atomic E-state index is 0.195. The Morgan fingerprint density at radius 3 is 2.31 bits per heavy atom. The first kappa shape index (κ1) is 12.3. The van der Waals surface area contributed by atoms with Crippen LogP contribution in [0.1, 0.15) is 45.4 Å². The van der Waals surface area contributed by atoms with Gasteiger partial charge in [0.1, 0.15) is 0 Å². The van der Waals surface area contributed by atoms with Crippen molar-refractivity contribution in [2.45, 2.75) is 51.2 Å². The molecule has 0 radical (unpaired) electrons. The number of rotatable bonds is 5. The van der Waals surface area contributed by atoms with Crippen LogP contribution >= 0.6 is 0 Å². The van der Waals surface area contributed by atoms with E-state index in [1.54, 1.807) is 0 Å². The van der Waals surface area contributed by atoms with E-state index in [0.29, 0.717) is 0 Å². The van der Waals surface area contributed by atoms with Crippen molar-refractivity contribution >= 4 is 0 Å². The number of hydrogen-bond donors (Lipinski definition) is 0. The predicted octanol–water partition coefficient (Wildman–Crippen LogP) is 2.41. The van der Waals surface area contributed by atoms with Crippen molar-refractivity contribution in [1.29, 1.82) is 0 Å². The van der Waals surface area contributed by atoms with Crippen molar-refractivity contribution < 1.29 is 9.47 Å². The topological polar surface area (TPSA) is 21.7 Å². The molecule has 2 saturated heterocycles. The van der Waals surface area contributed by atoms with E-state index in [1.807, 2.05) is 0 Å². The Labute approximate surface area is 99.1 Å². The van der Waals surface area contributed by atoms with Crippen LogP contribution in [0.3, 0.4) is 0 Å². The largest absolute Gasteiger partial charge is 0.347 e. The van der Waals surface area contributed by atoms with Gasteiger partial charge < -0.3 is 14.4 Å². The Hall–Kier alpha value is -0.120. The third-order valence-electron chi connectivity index (χ3n) is 3.76. The molecule has 16 heavy (non-hydrogen) atoms. The molecule has 0 saturated carbocycles. The van der Waals surface area contributed by atoms with E-state index in [-0.39, 0.29) is 5.79 Å². The van der Waals surface area contributed by atoms with Gasteiger partial charge in [-0.1, -0.05) is 26.2 Å². The van der Waals surface area contributed by atoms with Crippen LogP contribution < -0.4 is 0 Å². The third-order valence-corrected chi connectivity index (χ3v) is 3.76. The van der Waals surface area contributed by atoms with Crippen LogP contribution in [-0.4, -0.2) is 43.5 Å². The summed E-state index contributed by atoms with van der Waals surface area (Å²) in [4.78, 5) is 2.56. The highest BCUT2D eigenvalue weighted by atomic mass is 16.7. The molecule has 2 aliphatic heterocycles. The van der Waals surface area contributed by atoms with E-state index in [2.05, 4.69) is 11.8 Å². The highest BCUT2D eigenvalue weighted by Gasteiger charge is 2.39. The molecule has 94 valence electrons. The van der Waals surface area contributed by atoms with Crippen molar-refractivity contribution in [2.75, 3.05) is 32.8 Å². The lowest BCUT2D eigenvalue weighted by atomic mass is 10.0. The molecule has 2 aliphatic rings. The van der Waals surface area contributed by atoms with E-state index in [1.165, 1.54) is 32.2 Å². The standard InChI is InChI=1S/C13H25NO2/c1-2-3-4-5-8-14-9-6-13(7-10-14)15-11-12-16-13/h2-12H2,1H3. The van der Waals surface area contributed by atoms with E-state index < -0.39 is 0 Å². The fourth-order valence-electron chi connectivity index (χ4n) is 2.67. The predicted molar refractivity (Wildman–Crippen MR) is 64.5 cm³/mol. The zero-order valence-electron chi connectivity index (χ0n) is 10.5. The quantitative estimate of drug-likeness (QED) is 0.673. The summed E-state index contributed by atoms with van der Waals surface area (Å²) >= 11 is 0. The maximum atomic E-state index is 5.72. The number of ether oxygens (including phenoxy) is 2. The SMILES string of the molecule is CCCCCCN1CCC2(CC1)OCCO2. The molecular formula is C13H25NO2. The Morgan fingerprint density at radius 1 is 1.00 bits per heavy atom. The fourth-order valence-corrected chi connectivity index (χ4v) is 2.67. The summed E-state index contributed by atoms with van der Waals surface area (Å²) in [5.41, 5.74) is 0. The number of likely N-dealkylation sites (tertiary alicyclic amines) is 1. The van der Waals surface area contributed by atoms with Crippen LogP contribution in [0, 0.1) is 0 Å². The summed E-state index contributed by atoms with van der Waals surface area (Å²) < 4.78 is 11.4. The molecule has 3 nitrogen and oxygen atoms in total. The van der Waals surface area contributed by atoms with E-state index in [0.717, 1.165) is 39.1 Å². The first-order valence-electron chi connectivity index (χ1n) is 6.85. The van der Waals surface area contributed by atoms with Gasteiger partial charge in [-0.25, -0.2) is 0 Å². The smallest absolute Gasteiger partial charge is 0.170 e. The second-order valence-electron chi connectivity index (χ2n) is 5.01. The molecule has 0 aromatic carbocycles. The van der Waals surface area contributed by atoms with Gasteiger partial charge in [-0.3, -0.25) is 0 Å². The molecule has 0 N–H and O–H groups in total. The van der Waals surface area contributed by atoms with Gasteiger partial charge in [0.25, 0.3) is 0 Å². The van der Waals surface area contributed by atoms with Gasteiger partial charge in [0, 0.05) is 25.9 Å². The average molecular weight is 227 g/mol. The molecule has 1 spiro atoms. The minimum atomic E-state index is -0.195. The van der Waals surface area contributed by atoms with Crippen molar-refractivity contribution in [3.05, 3.63) is 0 Å². The first-order chi connectivity index (χ1) is 7.85. The number of unbranched alkanes of at least 4 members (excludes halogenated alkanes) is 3. The molecule has 2 heterocycles. The van der Waals surface area contributed by atoms with E-state index in [4.69, 9.17) is 9.47 Å². The number of hydrogen-bond acceptors (Lipinski definition) is 3. The van der Waals surface area contributed by atoms with Crippen LogP contribution in [-0.2, 0) is 9.47 Å². The summed E-state index contributed by atoms with van der Waals surface area (Å²) in [5.74, 6) is -0.195. The molecule has 0 atom stereocenters. The highest BCUT2D eigenvalue weighted by Crippen LogP contribution is 2.31. The van der Waals surface area contributed by atoms with E-state index >= 15 is 0 Å². The third kappa shape index (κ3) is 3.19. The highest BCUT2D eigenvalue weighted by molar-refractivity contribution is 4.82. The molecule has 0 aromatic heterocycles. The lowest BCUT2D eigenvalue weighted by molar-refractivity contribution is -0.185. The molecular weight excluding hydrogens is 202 g/mol. The molecule has 3 heteroatoms. The van der Waals surface area contributed by atoms with Crippen LogP contribution in [0.15, 0.2) is 0 Å². The summed E-state index contributed by atoms with van der Waals surface area (Å²) in [6, 6.07) is 0. The van der Waals surface area contributed by atoms with E-state index in [9.17, 15) is 0 Å². The van der Waals surface area contributed by atoms with Crippen LogP contribution in [0.4, 0.5) is 0 Å². The maximum Gasteiger partial charge on any atom is 0.170 e. The lowest BCUT2D eigenvalue weighted by Crippen LogP contribution is -2.45. The summed E-state index contributed by atoms with van der Waals surface area (Å²) in [6.45, 7) is 7.39. The second kappa shape index (κ2) is 5.99. The summed E-state index contributed by atoms with van der Waals surface area (Å²) in [5, 5.41) is 0. The van der Waals surface area contributed by atoms with Gasteiger partial charge in [0.05, 0.1) is 13.2 Å². The molecule has 0 bridgehead atoms. The van der Waals surface area contributed by atoms with Crippen LogP contribution in [0.5, 0.6) is 0 Å². The fraction of sp³-hybridized carbons (Fsp3) is 1.00. The monoisotopic (exact) mass is 227 g/mol. The number of nitrogens with zero attached hydrogens (tertiary/aromatic N) is 1. The minimum Gasteiger partial charge on any atom is -0.347 e. The summed E-state index contributed by atoms with van der Waals surface area (Å²) in [7, 11) is 0. The molecule has 2 rings (SSSR count). The second-order valence-corrected chi connectivity index (χ2v) is 5.01. The molecule has 0 aliphatic carbocycles. The molecule has 0 amide bonds. The zero-order valence-corrected chi connectivity index (χ0v) is 10.5. The van der Waals surface area contributed by atoms with Gasteiger partial charge in [0.15, 0.2) is 5.79 Å². The summed E-state index contributed by atoms with van der Waals surface area (Å²) in [6.07, 6.45) is 7.55. The number of piperidine rings is 1. The molecule has 0 unspecified atom stereocenters. The van der Waals surface area contributed by atoms with Crippen molar-refractivity contribution in [3.63, 3.8) is 0 Å². The normalized spacial score (nSPS) is 25.3. The van der Waals surface area contributed by atoms with Crippen LogP contribution in [0.2, 0.25) is 0 Å². The Bertz CT molecular complexity index is 192. The Balaban J connectivity index is 1.61. The van der Waals surface area contributed by atoms with Gasteiger partial charge >= 0.3 is 0 Å². The first-order valence-corrected chi connectivity index (χ1v) is 6.85. The maximum absolute atomic E-state index is 5.72. The Morgan fingerprint density at radius 2 is 1.69 bits per heavy atom.